The predicted octanol–water partition coefficient (Wildman–Crippen LogP) is 4.53. The molecule has 0 aliphatic rings. The van der Waals surface area contributed by atoms with Crippen molar-refractivity contribution in [2.24, 2.45) is 0 Å². The number of anilines is 1. The van der Waals surface area contributed by atoms with Crippen LogP contribution >= 0.6 is 27.7 Å². The van der Waals surface area contributed by atoms with E-state index in [2.05, 4.69) is 69.3 Å². The third-order valence-electron chi connectivity index (χ3n) is 2.73. The lowest BCUT2D eigenvalue weighted by Crippen LogP contribution is -2.05. The van der Waals surface area contributed by atoms with Crippen molar-refractivity contribution in [2.45, 2.75) is 30.9 Å². The minimum Gasteiger partial charge on any atom is -0.370 e. The second-order valence-corrected chi connectivity index (χ2v) is 6.25. The molecular formula is C15H18BrN3S. The molecule has 2 aromatic rings. The van der Waals surface area contributed by atoms with Crippen LogP contribution in [0.15, 0.2) is 39.7 Å². The summed E-state index contributed by atoms with van der Waals surface area (Å²) in [6.07, 6.45) is 0.927. The van der Waals surface area contributed by atoms with Gasteiger partial charge >= 0.3 is 0 Å². The molecule has 0 radical (unpaired) electrons. The van der Waals surface area contributed by atoms with Gasteiger partial charge in [0.2, 0.25) is 0 Å². The lowest BCUT2D eigenvalue weighted by atomic mass is 10.3. The number of aryl methyl sites for hydroxylation is 1. The Hall–Kier alpha value is -1.07. The van der Waals surface area contributed by atoms with E-state index in [1.807, 2.05) is 6.07 Å². The van der Waals surface area contributed by atoms with Gasteiger partial charge in [0.1, 0.15) is 11.6 Å². The zero-order valence-electron chi connectivity index (χ0n) is 11.7. The van der Waals surface area contributed by atoms with Crippen LogP contribution in [0.25, 0.3) is 0 Å². The number of nitrogens with one attached hydrogen (secondary N) is 1. The lowest BCUT2D eigenvalue weighted by molar-refractivity contribution is 0.936. The molecule has 106 valence electrons. The van der Waals surface area contributed by atoms with Crippen LogP contribution in [0.1, 0.15) is 25.4 Å². The van der Waals surface area contributed by atoms with Gasteiger partial charge in [0.25, 0.3) is 0 Å². The molecule has 1 aromatic heterocycles. The van der Waals surface area contributed by atoms with Gasteiger partial charge in [-0.1, -0.05) is 22.9 Å². The molecule has 3 nitrogen and oxygen atoms in total. The summed E-state index contributed by atoms with van der Waals surface area (Å²) in [5.41, 5.74) is 1.09. The van der Waals surface area contributed by atoms with Gasteiger partial charge in [0.15, 0.2) is 0 Å². The smallest absolute Gasteiger partial charge is 0.141 e. The Morgan fingerprint density at radius 1 is 1.15 bits per heavy atom. The monoisotopic (exact) mass is 351 g/mol. The number of halogens is 1. The Balaban J connectivity index is 2.07. The van der Waals surface area contributed by atoms with Gasteiger partial charge in [0, 0.05) is 27.7 Å². The van der Waals surface area contributed by atoms with Crippen LogP contribution < -0.4 is 5.32 Å². The van der Waals surface area contributed by atoms with Crippen molar-refractivity contribution in [2.75, 3.05) is 11.9 Å². The highest BCUT2D eigenvalue weighted by atomic mass is 79.9. The van der Waals surface area contributed by atoms with E-state index in [4.69, 9.17) is 0 Å². The normalized spacial score (nSPS) is 10.6. The van der Waals surface area contributed by atoms with Crippen LogP contribution in [0.5, 0.6) is 0 Å². The molecule has 0 bridgehead atoms. The average molecular weight is 352 g/mol. The fourth-order valence-electron chi connectivity index (χ4n) is 1.75. The summed E-state index contributed by atoms with van der Waals surface area (Å²) in [7, 11) is 0. The van der Waals surface area contributed by atoms with Crippen molar-refractivity contribution in [1.82, 2.24) is 9.97 Å². The van der Waals surface area contributed by atoms with Crippen molar-refractivity contribution in [3.63, 3.8) is 0 Å². The molecule has 0 unspecified atom stereocenters. The van der Waals surface area contributed by atoms with E-state index >= 15 is 0 Å². The largest absolute Gasteiger partial charge is 0.370 e. The number of rotatable bonds is 6. The molecule has 2 rings (SSSR count). The Bertz CT molecular complexity index is 558. The number of aromatic nitrogens is 2. The second kappa shape index (κ2) is 7.64. The Kier molecular flexibility index (Phi) is 5.86. The van der Waals surface area contributed by atoms with Crippen LogP contribution in [0.2, 0.25) is 0 Å². The summed E-state index contributed by atoms with van der Waals surface area (Å²) < 4.78 is 1.10. The van der Waals surface area contributed by atoms with Crippen LogP contribution in [-0.2, 0) is 12.2 Å². The maximum absolute atomic E-state index is 4.59. The van der Waals surface area contributed by atoms with Gasteiger partial charge in [-0.3, -0.25) is 0 Å². The van der Waals surface area contributed by atoms with E-state index in [0.29, 0.717) is 0 Å². The molecule has 0 atom stereocenters. The van der Waals surface area contributed by atoms with E-state index in [1.54, 1.807) is 11.8 Å². The first-order valence-electron chi connectivity index (χ1n) is 6.70. The molecule has 0 aliphatic heterocycles. The summed E-state index contributed by atoms with van der Waals surface area (Å²) >= 11 is 5.20. The van der Waals surface area contributed by atoms with E-state index in [9.17, 15) is 0 Å². The Morgan fingerprint density at radius 3 is 2.55 bits per heavy atom. The molecular weight excluding hydrogens is 334 g/mol. The third-order valence-corrected chi connectivity index (χ3v) is 4.26. The van der Waals surface area contributed by atoms with Crippen LogP contribution in [0.4, 0.5) is 5.82 Å². The first-order chi connectivity index (χ1) is 9.71. The molecule has 20 heavy (non-hydrogen) atoms. The van der Waals surface area contributed by atoms with E-state index in [1.165, 1.54) is 4.90 Å². The predicted molar refractivity (Wildman–Crippen MR) is 89.3 cm³/mol. The van der Waals surface area contributed by atoms with Gasteiger partial charge in [-0.15, -0.1) is 11.8 Å². The molecule has 1 aromatic carbocycles. The standard InChI is InChI=1S/C15H18BrN3S/c1-3-12-9-14(17-4-2)19-15(18-12)10-20-13-7-5-11(16)6-8-13/h5-9H,3-4,10H2,1-2H3,(H,17,18,19). The zero-order chi connectivity index (χ0) is 14.4. The molecule has 0 saturated heterocycles. The summed E-state index contributed by atoms with van der Waals surface area (Å²) in [5.74, 6) is 2.59. The summed E-state index contributed by atoms with van der Waals surface area (Å²) in [6, 6.07) is 10.3. The van der Waals surface area contributed by atoms with Crippen molar-refractivity contribution in [3.8, 4) is 0 Å². The summed E-state index contributed by atoms with van der Waals surface area (Å²) in [4.78, 5) is 10.4. The lowest BCUT2D eigenvalue weighted by Gasteiger charge is -2.08. The Morgan fingerprint density at radius 2 is 1.90 bits per heavy atom. The van der Waals surface area contributed by atoms with Gasteiger partial charge in [-0.05, 0) is 37.6 Å². The minimum atomic E-state index is 0.786. The highest BCUT2D eigenvalue weighted by molar-refractivity contribution is 9.10. The van der Waals surface area contributed by atoms with Crippen molar-refractivity contribution in [1.29, 1.82) is 0 Å². The maximum Gasteiger partial charge on any atom is 0.141 e. The second-order valence-electron chi connectivity index (χ2n) is 4.29. The highest BCUT2D eigenvalue weighted by Crippen LogP contribution is 2.23. The number of hydrogen-bond acceptors (Lipinski definition) is 4. The van der Waals surface area contributed by atoms with Gasteiger partial charge in [-0.25, -0.2) is 9.97 Å². The van der Waals surface area contributed by atoms with Crippen LogP contribution in [-0.4, -0.2) is 16.5 Å². The number of thioether (sulfide) groups is 1. The molecule has 0 saturated carbocycles. The third kappa shape index (κ3) is 4.49. The molecule has 1 heterocycles. The van der Waals surface area contributed by atoms with E-state index < -0.39 is 0 Å². The quantitative estimate of drug-likeness (QED) is 0.776. The van der Waals surface area contributed by atoms with Gasteiger partial charge in [-0.2, -0.15) is 0 Å². The number of nitrogens with zero attached hydrogens (tertiary/aromatic N) is 2. The Labute approximate surface area is 132 Å². The first-order valence-corrected chi connectivity index (χ1v) is 8.48. The maximum atomic E-state index is 4.59. The fourth-order valence-corrected chi connectivity index (χ4v) is 2.77. The van der Waals surface area contributed by atoms with Gasteiger partial charge in [0.05, 0.1) is 5.75 Å². The number of hydrogen-bond donors (Lipinski definition) is 1. The van der Waals surface area contributed by atoms with Crippen LogP contribution in [0.3, 0.4) is 0 Å². The molecule has 5 heteroatoms. The van der Waals surface area contributed by atoms with Crippen LogP contribution in [0, 0.1) is 0 Å². The summed E-state index contributed by atoms with van der Waals surface area (Å²) in [5, 5.41) is 3.26. The SMILES string of the molecule is CCNc1cc(CC)nc(CSc2ccc(Br)cc2)n1. The zero-order valence-corrected chi connectivity index (χ0v) is 14.1. The number of benzene rings is 1. The molecule has 0 fully saturated rings. The van der Waals surface area contributed by atoms with E-state index in [-0.39, 0.29) is 0 Å². The topological polar surface area (TPSA) is 37.8 Å². The molecule has 0 spiro atoms. The van der Waals surface area contributed by atoms with E-state index in [0.717, 1.165) is 40.5 Å². The molecule has 0 aliphatic carbocycles. The molecule has 1 N–H and O–H groups in total. The minimum absolute atomic E-state index is 0.786. The van der Waals surface area contributed by atoms with Crippen molar-refractivity contribution >= 4 is 33.5 Å². The summed E-state index contributed by atoms with van der Waals surface area (Å²) in [6.45, 7) is 5.06. The average Bonchev–Trinajstić information content (AvgIpc) is 2.47. The van der Waals surface area contributed by atoms with Crippen molar-refractivity contribution < 1.29 is 0 Å². The van der Waals surface area contributed by atoms with Crippen molar-refractivity contribution in [3.05, 3.63) is 46.3 Å². The fraction of sp³-hybridized carbons (Fsp3) is 0.333. The highest BCUT2D eigenvalue weighted by Gasteiger charge is 2.04. The van der Waals surface area contributed by atoms with Gasteiger partial charge < -0.3 is 5.32 Å². The molecule has 0 amide bonds. The first kappa shape index (κ1) is 15.3.